The molecule has 19 heavy (non-hydrogen) atoms. The van der Waals surface area contributed by atoms with Gasteiger partial charge in [-0.25, -0.2) is 0 Å². The van der Waals surface area contributed by atoms with E-state index in [0.29, 0.717) is 12.6 Å². The summed E-state index contributed by atoms with van der Waals surface area (Å²) in [5, 5.41) is 7.47. The first-order valence-electron chi connectivity index (χ1n) is 6.23. The number of furan rings is 1. The van der Waals surface area contributed by atoms with Crippen LogP contribution in [0.1, 0.15) is 32.1 Å². The number of rotatable bonds is 5. The Hall–Kier alpha value is -1.82. The third-order valence-electron chi connectivity index (χ3n) is 2.56. The Labute approximate surface area is 112 Å². The fourth-order valence-electron chi connectivity index (χ4n) is 1.53. The molecule has 0 atom stereocenters. The Morgan fingerprint density at radius 2 is 2.21 bits per heavy atom. The lowest BCUT2D eigenvalue weighted by atomic mass is 10.1. The van der Waals surface area contributed by atoms with E-state index in [-0.39, 0.29) is 5.54 Å². The summed E-state index contributed by atoms with van der Waals surface area (Å²) in [6, 6.07) is 2.30. The average molecular weight is 264 g/mol. The summed E-state index contributed by atoms with van der Waals surface area (Å²) in [5.41, 5.74) is 1.16. The number of nitrogens with one attached hydrogen (secondary N) is 1. The minimum Gasteiger partial charge on any atom is -0.465 e. The fourth-order valence-corrected chi connectivity index (χ4v) is 1.53. The topological polar surface area (TPSA) is 65.1 Å². The maximum atomic E-state index is 5.48. The molecule has 0 aliphatic heterocycles. The molecule has 2 rings (SSSR count). The van der Waals surface area contributed by atoms with Crippen LogP contribution in [0.15, 0.2) is 23.1 Å². The normalized spacial score (nSPS) is 11.8. The number of ether oxygens (including phenoxy) is 1. The van der Waals surface area contributed by atoms with Crippen molar-refractivity contribution in [1.29, 1.82) is 0 Å². The Kier molecular flexibility index (Phi) is 3.90. The lowest BCUT2D eigenvalue weighted by molar-refractivity contribution is 0.247. The van der Waals surface area contributed by atoms with Crippen molar-refractivity contribution in [1.82, 2.24) is 20.1 Å². The van der Waals surface area contributed by atoms with Crippen molar-refractivity contribution in [3.05, 3.63) is 30.0 Å². The summed E-state index contributed by atoms with van der Waals surface area (Å²) >= 11 is 0. The standard InChI is InChI=1S/C13H20N4O2/c1-13(2,3)15-7-10-5-6-18-11(10)8-19-12-14-9-17(4)16-12/h5-6,9,15H,7-8H2,1-4H3. The molecule has 0 spiro atoms. The van der Waals surface area contributed by atoms with Gasteiger partial charge in [0.1, 0.15) is 18.7 Å². The highest BCUT2D eigenvalue weighted by atomic mass is 16.5. The van der Waals surface area contributed by atoms with Gasteiger partial charge in [-0.15, -0.1) is 5.10 Å². The Bertz CT molecular complexity index is 525. The SMILES string of the molecule is Cn1cnc(OCc2occc2CNC(C)(C)C)n1. The van der Waals surface area contributed by atoms with E-state index >= 15 is 0 Å². The number of aromatic nitrogens is 3. The molecule has 1 N–H and O–H groups in total. The lowest BCUT2D eigenvalue weighted by Gasteiger charge is -2.20. The van der Waals surface area contributed by atoms with Crippen molar-refractivity contribution >= 4 is 0 Å². The maximum Gasteiger partial charge on any atom is 0.335 e. The van der Waals surface area contributed by atoms with Gasteiger partial charge in [-0.2, -0.15) is 4.98 Å². The molecule has 0 saturated carbocycles. The van der Waals surface area contributed by atoms with E-state index in [1.807, 2.05) is 6.07 Å². The lowest BCUT2D eigenvalue weighted by Crippen LogP contribution is -2.35. The quantitative estimate of drug-likeness (QED) is 0.893. The van der Waals surface area contributed by atoms with Gasteiger partial charge in [-0.05, 0) is 26.8 Å². The van der Waals surface area contributed by atoms with Crippen LogP contribution in [0.4, 0.5) is 0 Å². The third-order valence-corrected chi connectivity index (χ3v) is 2.56. The van der Waals surface area contributed by atoms with Crippen molar-refractivity contribution in [2.45, 2.75) is 39.5 Å². The monoisotopic (exact) mass is 264 g/mol. The highest BCUT2D eigenvalue weighted by Crippen LogP contribution is 2.14. The number of nitrogens with zero attached hydrogens (tertiary/aromatic N) is 3. The van der Waals surface area contributed by atoms with Gasteiger partial charge in [-0.3, -0.25) is 4.68 Å². The number of aryl methyl sites for hydroxylation is 1. The molecule has 0 radical (unpaired) electrons. The van der Waals surface area contributed by atoms with E-state index in [4.69, 9.17) is 9.15 Å². The summed E-state index contributed by atoms with van der Waals surface area (Å²) in [6.45, 7) is 7.45. The molecule has 0 aliphatic carbocycles. The molecule has 0 unspecified atom stereocenters. The van der Waals surface area contributed by atoms with Crippen molar-refractivity contribution in [2.24, 2.45) is 7.05 Å². The molecule has 2 aromatic rings. The Morgan fingerprint density at radius 1 is 1.42 bits per heavy atom. The molecule has 0 saturated heterocycles. The van der Waals surface area contributed by atoms with E-state index in [2.05, 4.69) is 36.2 Å². The fraction of sp³-hybridized carbons (Fsp3) is 0.538. The summed E-state index contributed by atoms with van der Waals surface area (Å²) in [5.74, 6) is 0.796. The minimum absolute atomic E-state index is 0.0674. The van der Waals surface area contributed by atoms with Crippen molar-refractivity contribution in [3.8, 4) is 6.01 Å². The summed E-state index contributed by atoms with van der Waals surface area (Å²) < 4.78 is 12.5. The molecule has 0 amide bonds. The molecule has 6 nitrogen and oxygen atoms in total. The van der Waals surface area contributed by atoms with Gasteiger partial charge in [0.25, 0.3) is 0 Å². The largest absolute Gasteiger partial charge is 0.465 e. The number of hydrogen-bond donors (Lipinski definition) is 1. The van der Waals surface area contributed by atoms with Crippen LogP contribution in [-0.4, -0.2) is 20.3 Å². The van der Waals surface area contributed by atoms with E-state index in [0.717, 1.165) is 17.9 Å². The van der Waals surface area contributed by atoms with Crippen molar-refractivity contribution in [3.63, 3.8) is 0 Å². The predicted molar refractivity (Wildman–Crippen MR) is 70.6 cm³/mol. The third kappa shape index (κ3) is 4.10. The van der Waals surface area contributed by atoms with Gasteiger partial charge in [0, 0.05) is 24.7 Å². The molecule has 2 aromatic heterocycles. The Balaban J connectivity index is 1.92. The zero-order valence-electron chi connectivity index (χ0n) is 11.8. The van der Waals surface area contributed by atoms with Gasteiger partial charge in [-0.1, -0.05) is 0 Å². The van der Waals surface area contributed by atoms with Crippen molar-refractivity contribution < 1.29 is 9.15 Å². The zero-order chi connectivity index (χ0) is 13.9. The first-order chi connectivity index (χ1) is 8.94. The molecule has 0 aliphatic rings. The first kappa shape index (κ1) is 13.6. The molecular formula is C13H20N4O2. The van der Waals surface area contributed by atoms with Crippen LogP contribution in [-0.2, 0) is 20.2 Å². The summed E-state index contributed by atoms with van der Waals surface area (Å²) in [6.07, 6.45) is 3.27. The van der Waals surface area contributed by atoms with Crippen LogP contribution >= 0.6 is 0 Å². The van der Waals surface area contributed by atoms with Gasteiger partial charge < -0.3 is 14.5 Å². The summed E-state index contributed by atoms with van der Waals surface area (Å²) in [4.78, 5) is 4.00. The van der Waals surface area contributed by atoms with Crippen molar-refractivity contribution in [2.75, 3.05) is 0 Å². The zero-order valence-corrected chi connectivity index (χ0v) is 11.8. The molecule has 104 valence electrons. The van der Waals surface area contributed by atoms with Gasteiger partial charge >= 0.3 is 6.01 Å². The van der Waals surface area contributed by atoms with Crippen LogP contribution in [0.3, 0.4) is 0 Å². The first-order valence-corrected chi connectivity index (χ1v) is 6.23. The van der Waals surface area contributed by atoms with Crippen LogP contribution in [0.5, 0.6) is 6.01 Å². The number of hydrogen-bond acceptors (Lipinski definition) is 5. The minimum atomic E-state index is 0.0674. The highest BCUT2D eigenvalue weighted by Gasteiger charge is 2.13. The van der Waals surface area contributed by atoms with Crippen LogP contribution in [0.2, 0.25) is 0 Å². The Morgan fingerprint density at radius 3 is 2.84 bits per heavy atom. The molecule has 6 heteroatoms. The van der Waals surface area contributed by atoms with E-state index in [9.17, 15) is 0 Å². The second-order valence-corrected chi connectivity index (χ2v) is 5.46. The van der Waals surface area contributed by atoms with Gasteiger partial charge in [0.05, 0.1) is 6.26 Å². The van der Waals surface area contributed by atoms with Crippen LogP contribution < -0.4 is 10.1 Å². The maximum absolute atomic E-state index is 5.48. The summed E-state index contributed by atoms with van der Waals surface area (Å²) in [7, 11) is 1.80. The van der Waals surface area contributed by atoms with E-state index in [1.54, 1.807) is 24.3 Å². The molecule has 2 heterocycles. The molecular weight excluding hydrogens is 244 g/mol. The van der Waals surface area contributed by atoms with Gasteiger partial charge in [0.15, 0.2) is 0 Å². The molecule has 0 fully saturated rings. The van der Waals surface area contributed by atoms with E-state index in [1.165, 1.54) is 0 Å². The van der Waals surface area contributed by atoms with Gasteiger partial charge in [0.2, 0.25) is 0 Å². The predicted octanol–water partition coefficient (Wildman–Crippen LogP) is 1.88. The van der Waals surface area contributed by atoms with Crippen LogP contribution in [0.25, 0.3) is 0 Å². The molecule has 0 aromatic carbocycles. The highest BCUT2D eigenvalue weighted by molar-refractivity contribution is 5.16. The smallest absolute Gasteiger partial charge is 0.335 e. The molecule has 0 bridgehead atoms. The second-order valence-electron chi connectivity index (χ2n) is 5.46. The average Bonchev–Trinajstić information content (AvgIpc) is 2.91. The van der Waals surface area contributed by atoms with E-state index < -0.39 is 0 Å². The second kappa shape index (κ2) is 5.44. The van der Waals surface area contributed by atoms with Crippen LogP contribution in [0, 0.1) is 0 Å².